The van der Waals surface area contributed by atoms with Crippen molar-refractivity contribution < 1.29 is 14.6 Å². The summed E-state index contributed by atoms with van der Waals surface area (Å²) in [5.41, 5.74) is 0. The Labute approximate surface area is 141 Å². The fraction of sp³-hybridized carbons (Fsp3) is 0.750. The quantitative estimate of drug-likeness (QED) is 0.808. The number of amides is 1. The van der Waals surface area contributed by atoms with Crippen LogP contribution in [0.15, 0.2) is 6.20 Å². The van der Waals surface area contributed by atoms with Gasteiger partial charge in [-0.3, -0.25) is 9.69 Å². The minimum Gasteiger partial charge on any atom is -0.389 e. The first kappa shape index (κ1) is 16.8. The maximum absolute atomic E-state index is 12.5. The Morgan fingerprint density at radius 2 is 2.17 bits per heavy atom. The summed E-state index contributed by atoms with van der Waals surface area (Å²) >= 11 is 1.55. The number of hydrogen-bond donors (Lipinski definition) is 1. The molecule has 0 spiro atoms. The number of carbonyl (C=O) groups excluding carboxylic acids is 1. The standard InChI is InChI=1S/C16H25N3O3S/c1-2-22-11-13(20)10-18-5-7-19(8-6-18)16(21)14-9-17-15(23-14)12-3-4-12/h9,12-13,20H,2-8,10-11H2,1H3/t13-/m0/s1. The van der Waals surface area contributed by atoms with Crippen molar-refractivity contribution in [3.05, 3.63) is 16.1 Å². The summed E-state index contributed by atoms with van der Waals surface area (Å²) in [4.78, 5) is 21.8. The average Bonchev–Trinajstić information content (AvgIpc) is 3.30. The van der Waals surface area contributed by atoms with Crippen molar-refractivity contribution in [1.29, 1.82) is 0 Å². The maximum atomic E-state index is 12.5. The molecule has 1 atom stereocenters. The second kappa shape index (κ2) is 7.70. The third-order valence-electron chi connectivity index (χ3n) is 4.30. The molecule has 1 aliphatic heterocycles. The van der Waals surface area contributed by atoms with E-state index < -0.39 is 6.10 Å². The van der Waals surface area contributed by atoms with Gasteiger partial charge in [0.25, 0.3) is 5.91 Å². The van der Waals surface area contributed by atoms with E-state index in [1.165, 1.54) is 12.8 Å². The highest BCUT2D eigenvalue weighted by molar-refractivity contribution is 7.13. The zero-order valence-corrected chi connectivity index (χ0v) is 14.4. The molecule has 3 rings (SSSR count). The number of thiazole rings is 1. The molecule has 7 heteroatoms. The Kier molecular flexibility index (Phi) is 5.63. The van der Waals surface area contributed by atoms with Crippen LogP contribution in [-0.4, -0.2) is 77.8 Å². The molecule has 128 valence electrons. The van der Waals surface area contributed by atoms with Crippen molar-refractivity contribution in [3.8, 4) is 0 Å². The van der Waals surface area contributed by atoms with Gasteiger partial charge in [0.1, 0.15) is 4.88 Å². The lowest BCUT2D eigenvalue weighted by atomic mass is 10.2. The van der Waals surface area contributed by atoms with Gasteiger partial charge >= 0.3 is 0 Å². The van der Waals surface area contributed by atoms with E-state index in [2.05, 4.69) is 9.88 Å². The van der Waals surface area contributed by atoms with Gasteiger partial charge in [-0.2, -0.15) is 0 Å². The molecule has 2 aliphatic rings. The van der Waals surface area contributed by atoms with Crippen LogP contribution in [-0.2, 0) is 4.74 Å². The summed E-state index contributed by atoms with van der Waals surface area (Å²) in [5.74, 6) is 0.703. The van der Waals surface area contributed by atoms with E-state index in [1.807, 2.05) is 11.8 Å². The summed E-state index contributed by atoms with van der Waals surface area (Å²) in [6.45, 7) is 6.52. The van der Waals surface area contributed by atoms with E-state index in [-0.39, 0.29) is 5.91 Å². The highest BCUT2D eigenvalue weighted by Crippen LogP contribution is 2.41. The molecule has 0 bridgehead atoms. The number of rotatable bonds is 7. The Hall–Kier alpha value is -1.02. The van der Waals surface area contributed by atoms with Crippen LogP contribution < -0.4 is 0 Å². The topological polar surface area (TPSA) is 65.9 Å². The molecule has 0 unspecified atom stereocenters. The lowest BCUT2D eigenvalue weighted by Gasteiger charge is -2.35. The molecule has 2 heterocycles. The van der Waals surface area contributed by atoms with Crippen LogP contribution in [0.1, 0.15) is 40.4 Å². The molecule has 1 amide bonds. The number of aliphatic hydroxyl groups is 1. The smallest absolute Gasteiger partial charge is 0.265 e. The minimum atomic E-state index is -0.459. The number of aliphatic hydroxyl groups excluding tert-OH is 1. The third kappa shape index (κ3) is 4.50. The largest absolute Gasteiger partial charge is 0.389 e. The molecule has 1 aromatic rings. The second-order valence-electron chi connectivity index (χ2n) is 6.24. The highest BCUT2D eigenvalue weighted by Gasteiger charge is 2.29. The predicted octanol–water partition coefficient (Wildman–Crippen LogP) is 1.18. The van der Waals surface area contributed by atoms with E-state index in [9.17, 15) is 9.90 Å². The fourth-order valence-electron chi connectivity index (χ4n) is 2.80. The number of ether oxygens (including phenoxy) is 1. The van der Waals surface area contributed by atoms with Crippen LogP contribution in [0, 0.1) is 0 Å². The van der Waals surface area contributed by atoms with Crippen LogP contribution in [0.3, 0.4) is 0 Å². The molecule has 1 saturated heterocycles. The minimum absolute atomic E-state index is 0.101. The van der Waals surface area contributed by atoms with Crippen molar-refractivity contribution in [1.82, 2.24) is 14.8 Å². The third-order valence-corrected chi connectivity index (χ3v) is 5.45. The van der Waals surface area contributed by atoms with Crippen molar-refractivity contribution in [3.63, 3.8) is 0 Å². The van der Waals surface area contributed by atoms with E-state index in [1.54, 1.807) is 17.5 Å². The van der Waals surface area contributed by atoms with Crippen molar-refractivity contribution in [2.24, 2.45) is 0 Å². The van der Waals surface area contributed by atoms with Gasteiger partial charge < -0.3 is 14.7 Å². The lowest BCUT2D eigenvalue weighted by molar-refractivity contribution is 0.0112. The second-order valence-corrected chi connectivity index (χ2v) is 7.31. The Balaban J connectivity index is 1.45. The SMILES string of the molecule is CCOC[C@@H](O)CN1CCN(C(=O)c2cnc(C3CC3)s2)CC1. The average molecular weight is 339 g/mol. The zero-order valence-electron chi connectivity index (χ0n) is 13.6. The van der Waals surface area contributed by atoms with Crippen molar-refractivity contribution >= 4 is 17.2 Å². The van der Waals surface area contributed by atoms with Crippen LogP contribution in [0.2, 0.25) is 0 Å². The van der Waals surface area contributed by atoms with Gasteiger partial charge in [0, 0.05) is 45.2 Å². The number of nitrogens with zero attached hydrogens (tertiary/aromatic N) is 3. The summed E-state index contributed by atoms with van der Waals surface area (Å²) in [7, 11) is 0. The first-order valence-electron chi connectivity index (χ1n) is 8.40. The van der Waals surface area contributed by atoms with Gasteiger partial charge in [0.05, 0.1) is 23.9 Å². The Morgan fingerprint density at radius 1 is 1.43 bits per heavy atom. The van der Waals surface area contributed by atoms with Crippen molar-refractivity contribution in [2.45, 2.75) is 31.8 Å². The summed E-state index contributed by atoms with van der Waals surface area (Å²) in [6.07, 6.45) is 3.70. The molecule has 1 N–H and O–H groups in total. The summed E-state index contributed by atoms with van der Waals surface area (Å²) < 4.78 is 5.23. The number of aromatic nitrogens is 1. The molecule has 6 nitrogen and oxygen atoms in total. The first-order chi connectivity index (χ1) is 11.2. The van der Waals surface area contributed by atoms with Crippen LogP contribution in [0.4, 0.5) is 0 Å². The molecular weight excluding hydrogens is 314 g/mol. The first-order valence-corrected chi connectivity index (χ1v) is 9.22. The van der Waals surface area contributed by atoms with E-state index in [0.29, 0.717) is 38.8 Å². The van der Waals surface area contributed by atoms with Gasteiger partial charge in [0.2, 0.25) is 0 Å². The molecule has 0 aromatic carbocycles. The van der Waals surface area contributed by atoms with Crippen molar-refractivity contribution in [2.75, 3.05) is 45.9 Å². The zero-order chi connectivity index (χ0) is 16.2. The molecule has 2 fully saturated rings. The molecule has 23 heavy (non-hydrogen) atoms. The van der Waals surface area contributed by atoms with Crippen LogP contribution >= 0.6 is 11.3 Å². The van der Waals surface area contributed by atoms with Gasteiger partial charge in [-0.1, -0.05) is 0 Å². The van der Waals surface area contributed by atoms with Gasteiger partial charge in [-0.15, -0.1) is 11.3 Å². The number of carbonyl (C=O) groups is 1. The molecule has 1 saturated carbocycles. The number of piperazine rings is 1. The number of hydrogen-bond acceptors (Lipinski definition) is 6. The molecule has 0 radical (unpaired) electrons. The van der Waals surface area contributed by atoms with Gasteiger partial charge in [-0.25, -0.2) is 4.98 Å². The molecule has 1 aromatic heterocycles. The lowest BCUT2D eigenvalue weighted by Crippen LogP contribution is -2.50. The summed E-state index contributed by atoms with van der Waals surface area (Å²) in [5, 5.41) is 11.0. The monoisotopic (exact) mass is 339 g/mol. The highest BCUT2D eigenvalue weighted by atomic mass is 32.1. The van der Waals surface area contributed by atoms with Crippen LogP contribution in [0.25, 0.3) is 0 Å². The molecular formula is C16H25N3O3S. The fourth-order valence-corrected chi connectivity index (χ4v) is 3.85. The van der Waals surface area contributed by atoms with Gasteiger partial charge in [-0.05, 0) is 19.8 Å². The maximum Gasteiger partial charge on any atom is 0.265 e. The van der Waals surface area contributed by atoms with Crippen LogP contribution in [0.5, 0.6) is 0 Å². The van der Waals surface area contributed by atoms with E-state index >= 15 is 0 Å². The molecule has 1 aliphatic carbocycles. The van der Waals surface area contributed by atoms with Gasteiger partial charge in [0.15, 0.2) is 0 Å². The van der Waals surface area contributed by atoms with E-state index in [0.717, 1.165) is 23.0 Å². The Morgan fingerprint density at radius 3 is 2.83 bits per heavy atom. The summed E-state index contributed by atoms with van der Waals surface area (Å²) in [6, 6.07) is 0. The Bertz CT molecular complexity index is 524. The number of β-amino-alcohol motifs (C(OH)–C–C–N with tert-alkyl or cyclic N) is 1. The predicted molar refractivity (Wildman–Crippen MR) is 88.9 cm³/mol. The normalized spacial score (nSPS) is 20.7. The van der Waals surface area contributed by atoms with E-state index in [4.69, 9.17) is 4.74 Å².